The largest absolute Gasteiger partial charge is 0.493 e. The number of aryl methyl sites for hydroxylation is 1. The number of rotatable bonds is 14. The highest BCUT2D eigenvalue weighted by Crippen LogP contribution is 2.44. The maximum Gasteiger partial charge on any atom is 0.161 e. The predicted molar refractivity (Wildman–Crippen MR) is 141 cm³/mol. The molecule has 0 saturated heterocycles. The monoisotopic (exact) mass is 493 g/mol. The van der Waals surface area contributed by atoms with Crippen molar-refractivity contribution >= 4 is 12.2 Å². The summed E-state index contributed by atoms with van der Waals surface area (Å²) in [6, 6.07) is 10.6. The number of hydrogen-bond donors (Lipinski definition) is 0. The minimum atomic E-state index is 0.265. The van der Waals surface area contributed by atoms with Crippen molar-refractivity contribution in [2.75, 3.05) is 61.0 Å². The number of benzene rings is 2. The van der Waals surface area contributed by atoms with Gasteiger partial charge < -0.3 is 28.4 Å². The van der Waals surface area contributed by atoms with E-state index in [9.17, 15) is 0 Å². The molecule has 0 aromatic heterocycles. The topological polar surface area (TPSA) is 55.4 Å². The third-order valence-corrected chi connectivity index (χ3v) is 6.54. The first-order valence-corrected chi connectivity index (χ1v) is 12.7. The quantitative estimate of drug-likeness (QED) is 0.325. The van der Waals surface area contributed by atoms with Crippen molar-refractivity contribution in [3.05, 3.63) is 64.2 Å². The fourth-order valence-electron chi connectivity index (χ4n) is 4.69. The molecule has 1 unspecified atom stereocenters. The molecule has 193 valence electrons. The normalized spacial score (nSPS) is 16.2. The third kappa shape index (κ3) is 6.69. The van der Waals surface area contributed by atoms with Crippen molar-refractivity contribution in [3.63, 3.8) is 0 Å². The van der Waals surface area contributed by atoms with E-state index in [1.54, 1.807) is 21.3 Å². The molecular weight excluding hydrogens is 456 g/mol. The Morgan fingerprint density at radius 3 is 2.25 bits per heavy atom. The molecule has 0 heterocycles. The molecule has 4 rings (SSSR count). The molecule has 0 aliphatic heterocycles. The lowest BCUT2D eigenvalue weighted by Gasteiger charge is -2.28. The van der Waals surface area contributed by atoms with Gasteiger partial charge >= 0.3 is 0 Å². The van der Waals surface area contributed by atoms with Crippen molar-refractivity contribution in [1.29, 1.82) is 0 Å². The first-order chi connectivity index (χ1) is 17.7. The minimum Gasteiger partial charge on any atom is -0.493 e. The van der Waals surface area contributed by atoms with Gasteiger partial charge in [-0.3, -0.25) is 0 Å². The average Bonchev–Trinajstić information content (AvgIpc) is 2.91. The summed E-state index contributed by atoms with van der Waals surface area (Å²) in [6.07, 6.45) is 11.7. The molecule has 0 saturated carbocycles. The molecule has 0 fully saturated rings. The van der Waals surface area contributed by atoms with E-state index < -0.39 is 0 Å². The van der Waals surface area contributed by atoms with Crippen LogP contribution in [0.5, 0.6) is 17.2 Å². The van der Waals surface area contributed by atoms with E-state index in [0.29, 0.717) is 39.6 Å². The highest BCUT2D eigenvalue weighted by molar-refractivity contribution is 5.68. The summed E-state index contributed by atoms with van der Waals surface area (Å²) in [5, 5.41) is 0. The van der Waals surface area contributed by atoms with Gasteiger partial charge in [0.25, 0.3) is 0 Å². The molecule has 1 atom stereocenters. The van der Waals surface area contributed by atoms with Crippen LogP contribution in [-0.4, -0.2) is 61.0 Å². The Kier molecular flexibility index (Phi) is 9.84. The summed E-state index contributed by atoms with van der Waals surface area (Å²) in [5.41, 5.74) is 6.42. The molecule has 2 aromatic carbocycles. The molecule has 0 amide bonds. The Morgan fingerprint density at radius 2 is 1.50 bits per heavy atom. The van der Waals surface area contributed by atoms with Crippen molar-refractivity contribution in [2.24, 2.45) is 0 Å². The van der Waals surface area contributed by atoms with Crippen LogP contribution in [-0.2, 0) is 20.6 Å². The second kappa shape index (κ2) is 13.5. The Labute approximate surface area is 214 Å². The molecular formula is C30H37O6. The van der Waals surface area contributed by atoms with Gasteiger partial charge in [0.15, 0.2) is 11.5 Å². The van der Waals surface area contributed by atoms with E-state index >= 15 is 0 Å². The third-order valence-electron chi connectivity index (χ3n) is 6.54. The van der Waals surface area contributed by atoms with Crippen molar-refractivity contribution in [2.45, 2.75) is 31.6 Å². The van der Waals surface area contributed by atoms with Crippen molar-refractivity contribution < 1.29 is 28.4 Å². The van der Waals surface area contributed by atoms with Crippen LogP contribution in [0.3, 0.4) is 0 Å². The first kappa shape index (κ1) is 26.3. The van der Waals surface area contributed by atoms with Gasteiger partial charge in [-0.15, -0.1) is 0 Å². The lowest BCUT2D eigenvalue weighted by Crippen LogP contribution is -2.13. The maximum atomic E-state index is 6.06. The van der Waals surface area contributed by atoms with Gasteiger partial charge in [0, 0.05) is 40.3 Å². The minimum absolute atomic E-state index is 0.265. The number of allylic oxidation sites excluding steroid dienone is 2. The zero-order valence-electron chi connectivity index (χ0n) is 21.6. The molecule has 2 aromatic rings. The first-order valence-electron chi connectivity index (χ1n) is 12.7. The van der Waals surface area contributed by atoms with E-state index in [0.717, 1.165) is 48.5 Å². The second-order valence-corrected chi connectivity index (χ2v) is 8.99. The standard InChI is InChI=1S/C30H37O6/c1-31-12-5-13-34-26-11-10-22-18-25(9-8-23(22)19-26)27-7-4-6-24-20-29(35-16-14-32-2)30(21-28(24)27)36-17-15-33-3/h6,10-11,18-21,27H,5,7-9,12-17H2,1-3H3. The fourth-order valence-corrected chi connectivity index (χ4v) is 4.69. The van der Waals surface area contributed by atoms with Gasteiger partial charge in [0.2, 0.25) is 0 Å². The summed E-state index contributed by atoms with van der Waals surface area (Å²) in [4.78, 5) is 0. The van der Waals surface area contributed by atoms with Crippen molar-refractivity contribution in [1.82, 2.24) is 0 Å². The molecule has 36 heavy (non-hydrogen) atoms. The maximum absolute atomic E-state index is 6.06. The predicted octanol–water partition coefficient (Wildman–Crippen LogP) is 5.49. The van der Waals surface area contributed by atoms with Crippen LogP contribution >= 0.6 is 0 Å². The number of hydrogen-bond acceptors (Lipinski definition) is 6. The smallest absolute Gasteiger partial charge is 0.161 e. The fraction of sp³-hybridized carbons (Fsp3) is 0.467. The zero-order valence-corrected chi connectivity index (χ0v) is 21.6. The summed E-state index contributed by atoms with van der Waals surface area (Å²) in [6.45, 7) is 3.35. The summed E-state index contributed by atoms with van der Waals surface area (Å²) < 4.78 is 33.4. The number of fused-ring (bicyclic) bond motifs is 2. The molecule has 0 spiro atoms. The Balaban J connectivity index is 1.55. The van der Waals surface area contributed by atoms with Crippen LogP contribution in [0.1, 0.15) is 47.4 Å². The Hall–Kier alpha value is -2.80. The summed E-state index contributed by atoms with van der Waals surface area (Å²) in [5.74, 6) is 2.66. The van der Waals surface area contributed by atoms with Crippen LogP contribution < -0.4 is 14.2 Å². The average molecular weight is 494 g/mol. The molecule has 1 radical (unpaired) electrons. The molecule has 0 bridgehead atoms. The van der Waals surface area contributed by atoms with Crippen LogP contribution in [0.4, 0.5) is 0 Å². The van der Waals surface area contributed by atoms with E-state index in [4.69, 9.17) is 28.4 Å². The lowest BCUT2D eigenvalue weighted by molar-refractivity contribution is 0.132. The van der Waals surface area contributed by atoms with Gasteiger partial charge in [-0.05, 0) is 71.9 Å². The zero-order chi connectivity index (χ0) is 25.2. The van der Waals surface area contributed by atoms with E-state index in [1.807, 2.05) is 0 Å². The van der Waals surface area contributed by atoms with Gasteiger partial charge in [-0.1, -0.05) is 23.8 Å². The van der Waals surface area contributed by atoms with Gasteiger partial charge in [-0.2, -0.15) is 0 Å². The number of methoxy groups -OCH3 is 3. The van der Waals surface area contributed by atoms with Gasteiger partial charge in [0.05, 0.1) is 19.8 Å². The molecule has 2 aliphatic rings. The molecule has 2 aliphatic carbocycles. The molecule has 0 N–H and O–H groups in total. The van der Waals surface area contributed by atoms with Crippen LogP contribution in [0.25, 0.3) is 12.2 Å². The van der Waals surface area contributed by atoms with Gasteiger partial charge in [-0.25, -0.2) is 0 Å². The number of ether oxygens (including phenoxy) is 6. The highest BCUT2D eigenvalue weighted by atomic mass is 16.5. The Morgan fingerprint density at radius 1 is 0.750 bits per heavy atom. The highest BCUT2D eigenvalue weighted by Gasteiger charge is 2.26. The van der Waals surface area contributed by atoms with Gasteiger partial charge in [0.1, 0.15) is 19.0 Å². The summed E-state index contributed by atoms with van der Waals surface area (Å²) in [7, 11) is 5.06. The molecule has 6 heteroatoms. The van der Waals surface area contributed by atoms with Crippen molar-refractivity contribution in [3.8, 4) is 17.2 Å². The van der Waals surface area contributed by atoms with Crippen LogP contribution in [0.2, 0.25) is 0 Å². The van der Waals surface area contributed by atoms with E-state index in [-0.39, 0.29) is 5.92 Å². The summed E-state index contributed by atoms with van der Waals surface area (Å²) >= 11 is 0. The van der Waals surface area contributed by atoms with Crippen LogP contribution in [0, 0.1) is 6.08 Å². The SMILES string of the molecule is COCCCOc1ccc2c(c1)CCC(C1C[C]=Cc3cc(OCCOC)c(OCCOC)cc31)=C2. The van der Waals surface area contributed by atoms with E-state index in [2.05, 4.69) is 48.6 Å². The molecule has 6 nitrogen and oxygen atoms in total. The van der Waals surface area contributed by atoms with E-state index in [1.165, 1.54) is 22.3 Å². The lowest BCUT2D eigenvalue weighted by atomic mass is 9.77. The second-order valence-electron chi connectivity index (χ2n) is 8.99. The van der Waals surface area contributed by atoms with Crippen LogP contribution in [0.15, 0.2) is 35.9 Å². The Bertz CT molecular complexity index is 1060.